The Morgan fingerprint density at radius 3 is 2.69 bits per heavy atom. The second kappa shape index (κ2) is 8.95. The first-order valence-corrected chi connectivity index (χ1v) is 8.84. The van der Waals surface area contributed by atoms with Crippen molar-refractivity contribution in [1.82, 2.24) is 5.32 Å². The highest BCUT2D eigenvalue weighted by molar-refractivity contribution is 5.85. The smallest absolute Gasteiger partial charge is 0.216 e. The van der Waals surface area contributed by atoms with Gasteiger partial charge in [-0.05, 0) is 66.0 Å². The van der Waals surface area contributed by atoms with E-state index < -0.39 is 0 Å². The molecule has 1 aliphatic carbocycles. The third-order valence-corrected chi connectivity index (χ3v) is 5.13. The predicted octanol–water partition coefficient (Wildman–Crippen LogP) is 4.04. The topological polar surface area (TPSA) is 64.3 Å². The molecule has 3 N–H and O–H groups in total. The number of carbonyl (C=O) groups excluding carboxylic acids is 1. The quantitative estimate of drug-likeness (QED) is 0.776. The number of nitrogen functional groups attached to an aromatic ring is 1. The number of nitrogens with two attached hydrogens (primary N) is 1. The number of para-hydroxylation sites is 1. The first-order valence-electron chi connectivity index (χ1n) is 8.84. The molecule has 26 heavy (non-hydrogen) atoms. The Morgan fingerprint density at radius 2 is 2.00 bits per heavy atom. The van der Waals surface area contributed by atoms with Crippen LogP contribution in [0.3, 0.4) is 0 Å². The Bertz CT molecular complexity index is 763. The summed E-state index contributed by atoms with van der Waals surface area (Å²) in [5.41, 5.74) is 11.0. The van der Waals surface area contributed by atoms with E-state index in [0.29, 0.717) is 18.4 Å². The molecule has 0 bridgehead atoms. The average molecular weight is 375 g/mol. The van der Waals surface area contributed by atoms with Crippen LogP contribution in [0.5, 0.6) is 5.75 Å². The summed E-state index contributed by atoms with van der Waals surface area (Å²) in [5.74, 6) is 1.70. The minimum absolute atomic E-state index is 0. The zero-order valence-electron chi connectivity index (χ0n) is 15.3. The third-order valence-electron chi connectivity index (χ3n) is 5.13. The lowest BCUT2D eigenvalue weighted by atomic mass is 9.73. The summed E-state index contributed by atoms with van der Waals surface area (Å²) in [7, 11) is 1.70. The van der Waals surface area contributed by atoms with Gasteiger partial charge >= 0.3 is 0 Å². The first-order chi connectivity index (χ1) is 12.1. The Balaban J connectivity index is 0.00000243. The van der Waals surface area contributed by atoms with Gasteiger partial charge in [0.1, 0.15) is 5.75 Å². The summed E-state index contributed by atoms with van der Waals surface area (Å²) in [6.45, 7) is 2.25. The maximum Gasteiger partial charge on any atom is 0.216 e. The van der Waals surface area contributed by atoms with E-state index in [1.807, 2.05) is 18.2 Å². The molecule has 2 aromatic carbocycles. The highest BCUT2D eigenvalue weighted by Crippen LogP contribution is 2.43. The number of halogens is 1. The molecule has 0 aliphatic heterocycles. The molecule has 0 heterocycles. The molecule has 1 amide bonds. The van der Waals surface area contributed by atoms with E-state index in [-0.39, 0.29) is 18.3 Å². The highest BCUT2D eigenvalue weighted by atomic mass is 35.5. The number of amides is 1. The summed E-state index contributed by atoms with van der Waals surface area (Å²) in [4.78, 5) is 11.2. The fraction of sp³-hybridized carbons (Fsp3) is 0.381. The van der Waals surface area contributed by atoms with Gasteiger partial charge in [0, 0.05) is 19.2 Å². The maximum absolute atomic E-state index is 11.2. The normalized spacial score (nSPS) is 18.4. The van der Waals surface area contributed by atoms with Crippen LogP contribution in [0.1, 0.15) is 48.3 Å². The Morgan fingerprint density at radius 1 is 1.23 bits per heavy atom. The Hall–Kier alpha value is -2.20. The van der Waals surface area contributed by atoms with E-state index in [2.05, 4.69) is 29.6 Å². The number of fused-ring (bicyclic) bond motifs is 1. The van der Waals surface area contributed by atoms with Gasteiger partial charge in [0.2, 0.25) is 5.91 Å². The Kier molecular flexibility index (Phi) is 6.92. The minimum Gasteiger partial charge on any atom is -0.497 e. The van der Waals surface area contributed by atoms with Crippen molar-refractivity contribution in [3.63, 3.8) is 0 Å². The standard InChI is InChI=1S/C21H26N2O2.ClH/c1-14(24)23-10-9-16-12-17(19-5-3-4-6-21(19)22)11-15-7-8-18(25-2)13-20(15)16;/h3-8,13,16-17H,9-12,22H2,1-2H3,(H,23,24);1H. The zero-order valence-corrected chi connectivity index (χ0v) is 16.1. The van der Waals surface area contributed by atoms with Gasteiger partial charge in [-0.1, -0.05) is 24.3 Å². The Labute approximate surface area is 161 Å². The first kappa shape index (κ1) is 20.1. The van der Waals surface area contributed by atoms with E-state index in [4.69, 9.17) is 10.5 Å². The molecule has 0 aromatic heterocycles. The summed E-state index contributed by atoms with van der Waals surface area (Å²) in [6, 6.07) is 14.5. The van der Waals surface area contributed by atoms with Crippen molar-refractivity contribution in [2.75, 3.05) is 19.4 Å². The van der Waals surface area contributed by atoms with Gasteiger partial charge in [0.05, 0.1) is 7.11 Å². The third kappa shape index (κ3) is 4.50. The van der Waals surface area contributed by atoms with Gasteiger partial charge in [-0.15, -0.1) is 12.4 Å². The average Bonchev–Trinajstić information content (AvgIpc) is 2.61. The van der Waals surface area contributed by atoms with Crippen LogP contribution in [0, 0.1) is 0 Å². The number of methoxy groups -OCH3 is 1. The van der Waals surface area contributed by atoms with Crippen molar-refractivity contribution in [2.45, 2.75) is 38.0 Å². The molecule has 2 atom stereocenters. The number of rotatable bonds is 5. The number of anilines is 1. The molecule has 4 nitrogen and oxygen atoms in total. The van der Waals surface area contributed by atoms with E-state index in [1.54, 1.807) is 14.0 Å². The van der Waals surface area contributed by atoms with E-state index in [0.717, 1.165) is 30.7 Å². The monoisotopic (exact) mass is 374 g/mol. The maximum atomic E-state index is 11.2. The molecule has 0 fully saturated rings. The number of benzene rings is 2. The van der Waals surface area contributed by atoms with Crippen LogP contribution in [0.25, 0.3) is 0 Å². The largest absolute Gasteiger partial charge is 0.497 e. The molecular formula is C21H27ClN2O2. The van der Waals surface area contributed by atoms with E-state index in [1.165, 1.54) is 16.7 Å². The molecule has 0 saturated carbocycles. The second-order valence-electron chi connectivity index (χ2n) is 6.80. The van der Waals surface area contributed by atoms with Crippen LogP contribution in [-0.2, 0) is 11.2 Å². The predicted molar refractivity (Wildman–Crippen MR) is 108 cm³/mol. The molecule has 5 heteroatoms. The number of hydrogen-bond acceptors (Lipinski definition) is 3. The van der Waals surface area contributed by atoms with Crippen LogP contribution in [0.4, 0.5) is 5.69 Å². The molecule has 0 saturated heterocycles. The molecule has 0 radical (unpaired) electrons. The van der Waals surface area contributed by atoms with Gasteiger partial charge in [0.15, 0.2) is 0 Å². The lowest BCUT2D eigenvalue weighted by molar-refractivity contribution is -0.118. The van der Waals surface area contributed by atoms with Crippen LogP contribution >= 0.6 is 12.4 Å². The number of nitrogens with one attached hydrogen (secondary N) is 1. The second-order valence-corrected chi connectivity index (χ2v) is 6.80. The highest BCUT2D eigenvalue weighted by Gasteiger charge is 2.29. The van der Waals surface area contributed by atoms with Gasteiger partial charge < -0.3 is 15.8 Å². The summed E-state index contributed by atoms with van der Waals surface area (Å²) < 4.78 is 5.41. The van der Waals surface area contributed by atoms with Crippen molar-refractivity contribution < 1.29 is 9.53 Å². The fourth-order valence-corrected chi connectivity index (χ4v) is 3.90. The fourth-order valence-electron chi connectivity index (χ4n) is 3.90. The van der Waals surface area contributed by atoms with Gasteiger partial charge in [-0.2, -0.15) is 0 Å². The molecule has 0 spiro atoms. The van der Waals surface area contributed by atoms with E-state index >= 15 is 0 Å². The molecular weight excluding hydrogens is 348 g/mol. The summed E-state index contributed by atoms with van der Waals surface area (Å²) in [6.07, 6.45) is 2.95. The molecule has 1 aliphatic rings. The SMILES string of the molecule is COc1ccc2c(c1)C(CCNC(C)=O)CC(c1ccccc1N)C2.Cl. The van der Waals surface area contributed by atoms with Crippen LogP contribution in [0.15, 0.2) is 42.5 Å². The molecule has 2 unspecified atom stereocenters. The van der Waals surface area contributed by atoms with Crippen LogP contribution in [0.2, 0.25) is 0 Å². The minimum atomic E-state index is 0. The van der Waals surface area contributed by atoms with E-state index in [9.17, 15) is 4.79 Å². The van der Waals surface area contributed by atoms with Crippen molar-refractivity contribution >= 4 is 24.0 Å². The van der Waals surface area contributed by atoms with Crippen molar-refractivity contribution in [3.8, 4) is 5.75 Å². The van der Waals surface area contributed by atoms with Crippen molar-refractivity contribution in [3.05, 3.63) is 59.2 Å². The van der Waals surface area contributed by atoms with Gasteiger partial charge in [0.25, 0.3) is 0 Å². The molecule has 140 valence electrons. The van der Waals surface area contributed by atoms with Crippen molar-refractivity contribution in [2.24, 2.45) is 0 Å². The lowest BCUT2D eigenvalue weighted by Crippen LogP contribution is -2.25. The summed E-state index contributed by atoms with van der Waals surface area (Å²) >= 11 is 0. The molecule has 2 aromatic rings. The van der Waals surface area contributed by atoms with Crippen LogP contribution in [-0.4, -0.2) is 19.6 Å². The number of ether oxygens (including phenoxy) is 1. The van der Waals surface area contributed by atoms with Gasteiger partial charge in [-0.3, -0.25) is 4.79 Å². The van der Waals surface area contributed by atoms with Crippen molar-refractivity contribution in [1.29, 1.82) is 0 Å². The summed E-state index contributed by atoms with van der Waals surface area (Å²) in [5, 5.41) is 2.92. The molecule has 3 rings (SSSR count). The van der Waals surface area contributed by atoms with Crippen LogP contribution < -0.4 is 15.8 Å². The number of hydrogen-bond donors (Lipinski definition) is 2. The number of carbonyl (C=O) groups is 1. The zero-order chi connectivity index (χ0) is 17.8. The van der Waals surface area contributed by atoms with Gasteiger partial charge in [-0.25, -0.2) is 0 Å². The lowest BCUT2D eigenvalue weighted by Gasteiger charge is -2.33.